The van der Waals surface area contributed by atoms with E-state index in [1.165, 1.54) is 11.6 Å². The van der Waals surface area contributed by atoms with Crippen molar-refractivity contribution < 1.29 is 0 Å². The number of nitrogens with zero attached hydrogens (tertiary/aromatic N) is 5. The van der Waals surface area contributed by atoms with Crippen LogP contribution in [0.2, 0.25) is 0 Å². The molecule has 124 valence electrons. The summed E-state index contributed by atoms with van der Waals surface area (Å²) in [7, 11) is 4.71. The van der Waals surface area contributed by atoms with Crippen molar-refractivity contribution in [2.75, 3.05) is 5.43 Å². The fraction of sp³-hybridized carbons (Fsp3) is 0.200. The molecule has 0 aliphatic heterocycles. The zero-order valence-corrected chi connectivity index (χ0v) is 14.9. The lowest BCUT2D eigenvalue weighted by Crippen LogP contribution is -2.37. The summed E-state index contributed by atoms with van der Waals surface area (Å²) in [6, 6.07) is 7.64. The lowest BCUT2D eigenvalue weighted by molar-refractivity contribution is 0.705. The number of hydrazone groups is 1. The van der Waals surface area contributed by atoms with Gasteiger partial charge in [0.05, 0.1) is 6.21 Å². The summed E-state index contributed by atoms with van der Waals surface area (Å²) in [5.74, 6) is 0.372. The SMILES string of the molecule is Cn1c(=O)c2c(nc(N/N=C\c3ccc(Br)cc3)n2C)n(C)c1=O. The van der Waals surface area contributed by atoms with Gasteiger partial charge in [-0.3, -0.25) is 13.9 Å². The lowest BCUT2D eigenvalue weighted by atomic mass is 10.2. The molecule has 8 nitrogen and oxygen atoms in total. The number of imidazole rings is 1. The minimum absolute atomic E-state index is 0.312. The molecule has 0 spiro atoms. The van der Waals surface area contributed by atoms with Gasteiger partial charge in [0, 0.05) is 25.6 Å². The first-order chi connectivity index (χ1) is 11.4. The van der Waals surface area contributed by atoms with Crippen LogP contribution in [0.5, 0.6) is 0 Å². The second-order valence-electron chi connectivity index (χ2n) is 5.29. The molecule has 0 unspecified atom stereocenters. The van der Waals surface area contributed by atoms with Gasteiger partial charge in [-0.25, -0.2) is 10.2 Å². The number of benzene rings is 1. The summed E-state index contributed by atoms with van der Waals surface area (Å²) >= 11 is 3.37. The summed E-state index contributed by atoms with van der Waals surface area (Å²) < 4.78 is 4.95. The van der Waals surface area contributed by atoms with Gasteiger partial charge < -0.3 is 4.57 Å². The smallest absolute Gasteiger partial charge is 0.306 e. The quantitative estimate of drug-likeness (QED) is 0.537. The van der Waals surface area contributed by atoms with Crippen LogP contribution >= 0.6 is 15.9 Å². The molecule has 2 aromatic heterocycles. The number of halogens is 1. The summed E-state index contributed by atoms with van der Waals surface area (Å²) in [6.07, 6.45) is 1.64. The average Bonchev–Trinajstić information content (AvgIpc) is 2.90. The van der Waals surface area contributed by atoms with Gasteiger partial charge in [-0.1, -0.05) is 28.1 Å². The molecule has 24 heavy (non-hydrogen) atoms. The molecule has 0 bridgehead atoms. The van der Waals surface area contributed by atoms with E-state index in [1.54, 1.807) is 24.9 Å². The Kier molecular flexibility index (Phi) is 4.10. The number of fused-ring (bicyclic) bond motifs is 1. The monoisotopic (exact) mass is 390 g/mol. The number of nitrogens with one attached hydrogen (secondary N) is 1. The minimum Gasteiger partial charge on any atom is -0.306 e. The van der Waals surface area contributed by atoms with Crippen LogP contribution in [-0.4, -0.2) is 24.9 Å². The van der Waals surface area contributed by atoms with Gasteiger partial charge in [-0.15, -0.1) is 0 Å². The van der Waals surface area contributed by atoms with Crippen LogP contribution in [0.25, 0.3) is 11.2 Å². The maximum absolute atomic E-state index is 12.3. The van der Waals surface area contributed by atoms with Crippen molar-refractivity contribution in [3.8, 4) is 0 Å². The first-order valence-electron chi connectivity index (χ1n) is 7.07. The van der Waals surface area contributed by atoms with Crippen molar-refractivity contribution in [3.05, 3.63) is 55.1 Å². The molecule has 1 N–H and O–H groups in total. The predicted molar refractivity (Wildman–Crippen MR) is 96.6 cm³/mol. The Morgan fingerprint density at radius 1 is 1.08 bits per heavy atom. The standard InChI is InChI=1S/C15H15BrN6O2/c1-20-11-12(21(2)15(24)22(3)13(11)23)18-14(20)19-17-8-9-4-6-10(16)7-5-9/h4-8H,1-3H3,(H,18,19)/b17-8-. The molecule has 0 aliphatic rings. The van der Waals surface area contributed by atoms with Gasteiger partial charge in [-0.2, -0.15) is 10.1 Å². The third kappa shape index (κ3) is 2.67. The van der Waals surface area contributed by atoms with Gasteiger partial charge in [0.15, 0.2) is 11.2 Å². The summed E-state index contributed by atoms with van der Waals surface area (Å²) in [4.78, 5) is 28.6. The van der Waals surface area contributed by atoms with E-state index < -0.39 is 11.2 Å². The Balaban J connectivity index is 1.99. The second kappa shape index (κ2) is 6.08. The molecular weight excluding hydrogens is 376 g/mol. The molecular formula is C15H15BrN6O2. The molecule has 3 rings (SSSR count). The summed E-state index contributed by atoms with van der Waals surface area (Å²) in [5, 5.41) is 4.13. The van der Waals surface area contributed by atoms with Crippen LogP contribution in [0.15, 0.2) is 43.4 Å². The zero-order chi connectivity index (χ0) is 17.4. The third-order valence-corrected chi connectivity index (χ3v) is 4.25. The predicted octanol–water partition coefficient (Wildman–Crippen LogP) is 1.18. The van der Waals surface area contributed by atoms with Crippen molar-refractivity contribution in [3.63, 3.8) is 0 Å². The number of hydrogen-bond donors (Lipinski definition) is 1. The fourth-order valence-corrected chi connectivity index (χ4v) is 2.60. The zero-order valence-electron chi connectivity index (χ0n) is 13.3. The highest BCUT2D eigenvalue weighted by Gasteiger charge is 2.16. The lowest BCUT2D eigenvalue weighted by Gasteiger charge is -2.03. The van der Waals surface area contributed by atoms with E-state index in [0.29, 0.717) is 17.1 Å². The number of hydrogen-bond acceptors (Lipinski definition) is 5. The van der Waals surface area contributed by atoms with E-state index in [4.69, 9.17) is 0 Å². The molecule has 0 radical (unpaired) electrons. The normalized spacial score (nSPS) is 11.5. The molecule has 0 atom stereocenters. The van der Waals surface area contributed by atoms with Gasteiger partial charge >= 0.3 is 5.69 Å². The highest BCUT2D eigenvalue weighted by Crippen LogP contribution is 2.13. The summed E-state index contributed by atoms with van der Waals surface area (Å²) in [6.45, 7) is 0. The van der Waals surface area contributed by atoms with E-state index in [1.807, 2.05) is 24.3 Å². The first kappa shape index (κ1) is 16.2. The van der Waals surface area contributed by atoms with Gasteiger partial charge in [0.1, 0.15) is 0 Å². The van der Waals surface area contributed by atoms with Gasteiger partial charge in [0.2, 0.25) is 5.95 Å². The van der Waals surface area contributed by atoms with Crippen molar-refractivity contribution >= 4 is 39.3 Å². The van der Waals surface area contributed by atoms with Crippen LogP contribution in [0.1, 0.15) is 5.56 Å². The number of aromatic nitrogens is 4. The molecule has 3 aromatic rings. The minimum atomic E-state index is -0.421. The summed E-state index contributed by atoms with van der Waals surface area (Å²) in [5.41, 5.74) is 3.54. The van der Waals surface area contributed by atoms with Crippen LogP contribution in [0, 0.1) is 0 Å². The highest BCUT2D eigenvalue weighted by atomic mass is 79.9. The number of rotatable bonds is 3. The van der Waals surface area contributed by atoms with Crippen molar-refractivity contribution in [2.45, 2.75) is 0 Å². The molecule has 2 heterocycles. The Hall–Kier alpha value is -2.68. The Morgan fingerprint density at radius 3 is 2.42 bits per heavy atom. The molecule has 9 heteroatoms. The Labute approximate surface area is 145 Å². The Morgan fingerprint density at radius 2 is 1.75 bits per heavy atom. The van der Waals surface area contributed by atoms with Gasteiger partial charge in [-0.05, 0) is 17.7 Å². The third-order valence-electron chi connectivity index (χ3n) is 3.72. The molecule has 1 aromatic carbocycles. The van der Waals surface area contributed by atoms with Crippen LogP contribution < -0.4 is 16.7 Å². The maximum atomic E-state index is 12.3. The van der Waals surface area contributed by atoms with E-state index in [2.05, 4.69) is 31.4 Å². The average molecular weight is 391 g/mol. The van der Waals surface area contributed by atoms with Crippen molar-refractivity contribution in [1.29, 1.82) is 0 Å². The molecule has 0 saturated carbocycles. The van der Waals surface area contributed by atoms with E-state index >= 15 is 0 Å². The van der Waals surface area contributed by atoms with Crippen LogP contribution in [-0.2, 0) is 21.1 Å². The maximum Gasteiger partial charge on any atom is 0.332 e. The highest BCUT2D eigenvalue weighted by molar-refractivity contribution is 9.10. The van der Waals surface area contributed by atoms with Crippen LogP contribution in [0.3, 0.4) is 0 Å². The van der Waals surface area contributed by atoms with E-state index in [0.717, 1.165) is 14.6 Å². The molecule has 0 amide bonds. The fourth-order valence-electron chi connectivity index (χ4n) is 2.33. The Bertz CT molecular complexity index is 1060. The first-order valence-corrected chi connectivity index (χ1v) is 7.86. The molecule has 0 aliphatic carbocycles. The molecule has 0 saturated heterocycles. The van der Waals surface area contributed by atoms with Gasteiger partial charge in [0.25, 0.3) is 5.56 Å². The van der Waals surface area contributed by atoms with E-state index in [9.17, 15) is 9.59 Å². The number of aryl methyl sites for hydroxylation is 2. The number of anilines is 1. The largest absolute Gasteiger partial charge is 0.332 e. The van der Waals surface area contributed by atoms with Crippen molar-refractivity contribution in [2.24, 2.45) is 26.2 Å². The second-order valence-corrected chi connectivity index (χ2v) is 6.21. The molecule has 0 fully saturated rings. The van der Waals surface area contributed by atoms with Crippen molar-refractivity contribution in [1.82, 2.24) is 18.7 Å². The topological polar surface area (TPSA) is 86.2 Å². The van der Waals surface area contributed by atoms with Crippen LogP contribution in [0.4, 0.5) is 5.95 Å². The van der Waals surface area contributed by atoms with E-state index in [-0.39, 0.29) is 0 Å².